The first kappa shape index (κ1) is 18.4. The van der Waals surface area contributed by atoms with E-state index in [1.54, 1.807) is 35.2 Å². The molecule has 1 fully saturated rings. The van der Waals surface area contributed by atoms with E-state index < -0.39 is 9.84 Å². The number of rotatable bonds is 5. The molecule has 0 radical (unpaired) electrons. The molecule has 3 rings (SSSR count). The zero-order valence-electron chi connectivity index (χ0n) is 14.6. The summed E-state index contributed by atoms with van der Waals surface area (Å²) in [6.45, 7) is 2.91. The number of benzene rings is 1. The lowest BCUT2D eigenvalue weighted by Gasteiger charge is -2.34. The second kappa shape index (κ2) is 7.46. The van der Waals surface area contributed by atoms with E-state index in [0.717, 1.165) is 5.56 Å². The highest BCUT2D eigenvalue weighted by Gasteiger charge is 2.24. The molecule has 1 aromatic heterocycles. The Morgan fingerprint density at radius 1 is 1.19 bits per heavy atom. The SMILES string of the molecule is CS(=O)(=O)CCN1CCN(C(=O)c2cc(-c3ccc(O)cc3)n[nH]2)CC1. The molecule has 0 atom stereocenters. The summed E-state index contributed by atoms with van der Waals surface area (Å²) in [5.41, 5.74) is 1.86. The van der Waals surface area contributed by atoms with E-state index in [9.17, 15) is 18.3 Å². The van der Waals surface area contributed by atoms with Gasteiger partial charge < -0.3 is 10.0 Å². The maximum atomic E-state index is 12.6. The Hall–Kier alpha value is -2.39. The monoisotopic (exact) mass is 378 g/mol. The van der Waals surface area contributed by atoms with Gasteiger partial charge in [-0.1, -0.05) is 0 Å². The molecule has 1 aromatic carbocycles. The normalized spacial score (nSPS) is 16.0. The second-order valence-electron chi connectivity index (χ2n) is 6.48. The van der Waals surface area contributed by atoms with E-state index in [2.05, 4.69) is 15.1 Å². The van der Waals surface area contributed by atoms with Crippen molar-refractivity contribution in [1.29, 1.82) is 0 Å². The number of aromatic hydroxyl groups is 1. The number of carbonyl (C=O) groups is 1. The third-order valence-electron chi connectivity index (χ3n) is 4.41. The summed E-state index contributed by atoms with van der Waals surface area (Å²) in [5.74, 6) is 0.192. The van der Waals surface area contributed by atoms with Crippen LogP contribution in [0.25, 0.3) is 11.3 Å². The fraction of sp³-hybridized carbons (Fsp3) is 0.412. The smallest absolute Gasteiger partial charge is 0.271 e. The number of phenols is 1. The van der Waals surface area contributed by atoms with Gasteiger partial charge in [-0.15, -0.1) is 0 Å². The van der Waals surface area contributed by atoms with Crippen molar-refractivity contribution in [1.82, 2.24) is 20.0 Å². The average molecular weight is 378 g/mol. The number of H-pyrrole nitrogens is 1. The summed E-state index contributed by atoms with van der Waals surface area (Å²) >= 11 is 0. The molecule has 0 spiro atoms. The van der Waals surface area contributed by atoms with Crippen molar-refractivity contribution in [3.8, 4) is 17.0 Å². The van der Waals surface area contributed by atoms with Gasteiger partial charge in [0.05, 0.1) is 11.4 Å². The molecule has 0 saturated carbocycles. The van der Waals surface area contributed by atoms with Crippen LogP contribution < -0.4 is 0 Å². The van der Waals surface area contributed by atoms with Gasteiger partial charge in [0.2, 0.25) is 0 Å². The highest BCUT2D eigenvalue weighted by molar-refractivity contribution is 7.90. The van der Waals surface area contributed by atoms with Crippen LogP contribution >= 0.6 is 0 Å². The number of aromatic nitrogens is 2. The third-order valence-corrected chi connectivity index (χ3v) is 5.33. The number of carbonyl (C=O) groups excluding carboxylic acids is 1. The number of hydrogen-bond acceptors (Lipinski definition) is 6. The molecule has 0 bridgehead atoms. The Bertz CT molecular complexity index is 868. The number of phenolic OH excluding ortho intramolecular Hbond substituents is 1. The van der Waals surface area contributed by atoms with Crippen LogP contribution in [-0.4, -0.2) is 84.2 Å². The largest absolute Gasteiger partial charge is 0.508 e. The van der Waals surface area contributed by atoms with Crippen LogP contribution in [-0.2, 0) is 9.84 Å². The van der Waals surface area contributed by atoms with Gasteiger partial charge >= 0.3 is 0 Å². The topological polar surface area (TPSA) is 107 Å². The zero-order valence-corrected chi connectivity index (χ0v) is 15.4. The first-order chi connectivity index (χ1) is 12.3. The van der Waals surface area contributed by atoms with E-state index in [0.29, 0.717) is 44.1 Å². The molecule has 26 heavy (non-hydrogen) atoms. The number of hydrogen-bond donors (Lipinski definition) is 2. The fourth-order valence-corrected chi connectivity index (χ4v) is 3.44. The van der Waals surface area contributed by atoms with Gasteiger partial charge in [-0.3, -0.25) is 14.8 Å². The first-order valence-electron chi connectivity index (χ1n) is 8.36. The van der Waals surface area contributed by atoms with Crippen molar-refractivity contribution in [2.24, 2.45) is 0 Å². The van der Waals surface area contributed by atoms with E-state index in [1.807, 2.05) is 0 Å². The van der Waals surface area contributed by atoms with Crippen LogP contribution in [0.2, 0.25) is 0 Å². The molecular weight excluding hydrogens is 356 g/mol. The molecule has 1 saturated heterocycles. The van der Waals surface area contributed by atoms with Gasteiger partial charge in [-0.2, -0.15) is 5.10 Å². The second-order valence-corrected chi connectivity index (χ2v) is 8.74. The highest BCUT2D eigenvalue weighted by Crippen LogP contribution is 2.21. The lowest BCUT2D eigenvalue weighted by atomic mass is 10.1. The minimum atomic E-state index is -2.97. The van der Waals surface area contributed by atoms with Crippen LogP contribution in [0.4, 0.5) is 0 Å². The molecule has 1 aliphatic rings. The third kappa shape index (κ3) is 4.61. The van der Waals surface area contributed by atoms with Gasteiger partial charge in [0.25, 0.3) is 5.91 Å². The van der Waals surface area contributed by atoms with Crippen LogP contribution in [0.1, 0.15) is 10.5 Å². The standard InChI is InChI=1S/C17H22N4O4S/c1-26(24,25)11-10-20-6-8-21(9-7-20)17(23)16-12-15(18-19-16)13-2-4-14(22)5-3-13/h2-5,12,22H,6-11H2,1H3,(H,18,19). The van der Waals surface area contributed by atoms with Crippen molar-refractivity contribution in [3.63, 3.8) is 0 Å². The molecule has 2 heterocycles. The number of sulfone groups is 1. The van der Waals surface area contributed by atoms with Crippen LogP contribution in [0.3, 0.4) is 0 Å². The number of amides is 1. The summed E-state index contributed by atoms with van der Waals surface area (Å²) in [4.78, 5) is 16.4. The van der Waals surface area contributed by atoms with Crippen molar-refractivity contribution >= 4 is 15.7 Å². The van der Waals surface area contributed by atoms with Crippen molar-refractivity contribution in [2.45, 2.75) is 0 Å². The molecule has 0 unspecified atom stereocenters. The van der Waals surface area contributed by atoms with Crippen LogP contribution in [0.15, 0.2) is 30.3 Å². The van der Waals surface area contributed by atoms with Crippen LogP contribution in [0, 0.1) is 0 Å². The molecule has 140 valence electrons. The Morgan fingerprint density at radius 3 is 2.46 bits per heavy atom. The summed E-state index contributed by atoms with van der Waals surface area (Å²) in [5, 5.41) is 16.3. The molecule has 0 aliphatic carbocycles. The first-order valence-corrected chi connectivity index (χ1v) is 10.4. The molecule has 8 nitrogen and oxygen atoms in total. The van der Waals surface area contributed by atoms with Crippen molar-refractivity contribution in [2.75, 3.05) is 44.7 Å². The van der Waals surface area contributed by atoms with Crippen molar-refractivity contribution in [3.05, 3.63) is 36.0 Å². The van der Waals surface area contributed by atoms with Gasteiger partial charge in [0.1, 0.15) is 21.3 Å². The highest BCUT2D eigenvalue weighted by atomic mass is 32.2. The predicted octanol–water partition coefficient (Wildman–Crippen LogP) is 0.585. The summed E-state index contributed by atoms with van der Waals surface area (Å²) in [6.07, 6.45) is 1.23. The zero-order chi connectivity index (χ0) is 18.7. The van der Waals surface area contributed by atoms with E-state index >= 15 is 0 Å². The Balaban J connectivity index is 1.58. The number of piperazine rings is 1. The summed E-state index contributed by atoms with van der Waals surface area (Å²) in [7, 11) is -2.97. The molecule has 1 amide bonds. The minimum absolute atomic E-state index is 0.120. The van der Waals surface area contributed by atoms with Gasteiger partial charge in [0.15, 0.2) is 0 Å². The Kier molecular flexibility index (Phi) is 5.28. The average Bonchev–Trinajstić information content (AvgIpc) is 3.10. The Labute approximate surface area is 152 Å². The van der Waals surface area contributed by atoms with E-state index in [4.69, 9.17) is 0 Å². The molecule has 2 N–H and O–H groups in total. The van der Waals surface area contributed by atoms with Crippen LogP contribution in [0.5, 0.6) is 5.75 Å². The summed E-state index contributed by atoms with van der Waals surface area (Å²) in [6, 6.07) is 8.31. The Morgan fingerprint density at radius 2 is 1.85 bits per heavy atom. The fourth-order valence-electron chi connectivity index (χ4n) is 2.85. The van der Waals surface area contributed by atoms with Crippen molar-refractivity contribution < 1.29 is 18.3 Å². The number of nitrogens with one attached hydrogen (secondary N) is 1. The molecular formula is C17H22N4O4S. The number of nitrogens with zero attached hydrogens (tertiary/aromatic N) is 3. The maximum absolute atomic E-state index is 12.6. The van der Waals surface area contributed by atoms with Gasteiger partial charge in [-0.25, -0.2) is 8.42 Å². The van der Waals surface area contributed by atoms with E-state index in [-0.39, 0.29) is 17.4 Å². The number of aromatic amines is 1. The van der Waals surface area contributed by atoms with Gasteiger partial charge in [0, 0.05) is 44.5 Å². The molecule has 9 heteroatoms. The quantitative estimate of drug-likeness (QED) is 0.788. The molecule has 1 aliphatic heterocycles. The minimum Gasteiger partial charge on any atom is -0.508 e. The van der Waals surface area contributed by atoms with Gasteiger partial charge in [-0.05, 0) is 30.3 Å². The predicted molar refractivity (Wildman–Crippen MR) is 97.7 cm³/mol. The van der Waals surface area contributed by atoms with E-state index in [1.165, 1.54) is 6.26 Å². The lowest BCUT2D eigenvalue weighted by molar-refractivity contribution is 0.0638. The maximum Gasteiger partial charge on any atom is 0.271 e. The summed E-state index contributed by atoms with van der Waals surface area (Å²) < 4.78 is 22.5. The lowest BCUT2D eigenvalue weighted by Crippen LogP contribution is -2.49. The molecule has 2 aromatic rings.